The maximum atomic E-state index is 12.7. The topological polar surface area (TPSA) is 92.0 Å². The first-order chi connectivity index (χ1) is 14.0. The lowest BCUT2D eigenvalue weighted by molar-refractivity contribution is -0.150. The Labute approximate surface area is 165 Å². The Hall–Kier alpha value is -3.87. The van der Waals surface area contributed by atoms with Gasteiger partial charge in [-0.15, -0.1) is 0 Å². The highest BCUT2D eigenvalue weighted by Crippen LogP contribution is 2.36. The number of hydrogen-bond donors (Lipinski definition) is 0. The molecule has 1 aliphatic rings. The van der Waals surface area contributed by atoms with Gasteiger partial charge in [0.25, 0.3) is 0 Å². The zero-order valence-electron chi connectivity index (χ0n) is 15.6. The van der Waals surface area contributed by atoms with Crippen molar-refractivity contribution in [3.8, 4) is 17.1 Å². The van der Waals surface area contributed by atoms with E-state index in [4.69, 9.17) is 18.6 Å². The molecule has 2 heterocycles. The van der Waals surface area contributed by atoms with E-state index < -0.39 is 18.0 Å². The summed E-state index contributed by atoms with van der Waals surface area (Å²) in [5.41, 5.74) is 1.06. The first-order valence-corrected chi connectivity index (χ1v) is 8.74. The number of esters is 2. The van der Waals surface area contributed by atoms with Crippen molar-refractivity contribution < 1.29 is 28.2 Å². The van der Waals surface area contributed by atoms with Crippen LogP contribution in [0.25, 0.3) is 28.4 Å². The molecule has 0 saturated carbocycles. The fraction of sp³-hybridized carbons (Fsp3) is 0.136. The Balaban J connectivity index is 1.97. The van der Waals surface area contributed by atoms with Crippen molar-refractivity contribution in [2.24, 2.45) is 0 Å². The molecule has 0 saturated heterocycles. The molecule has 0 fully saturated rings. The van der Waals surface area contributed by atoms with Gasteiger partial charge in [0.15, 0.2) is 5.43 Å². The van der Waals surface area contributed by atoms with Gasteiger partial charge in [-0.25, -0.2) is 9.59 Å². The van der Waals surface area contributed by atoms with Crippen LogP contribution >= 0.6 is 0 Å². The Kier molecular flexibility index (Phi) is 4.64. The van der Waals surface area contributed by atoms with E-state index in [1.165, 1.54) is 26.4 Å². The highest BCUT2D eigenvalue weighted by atomic mass is 16.6. The van der Waals surface area contributed by atoms with Gasteiger partial charge in [0.1, 0.15) is 17.1 Å². The predicted molar refractivity (Wildman–Crippen MR) is 104 cm³/mol. The summed E-state index contributed by atoms with van der Waals surface area (Å²) in [5, 5.41) is 0.323. The van der Waals surface area contributed by atoms with Gasteiger partial charge in [0, 0.05) is 11.6 Å². The molecule has 0 bridgehead atoms. The highest BCUT2D eigenvalue weighted by Gasteiger charge is 2.36. The van der Waals surface area contributed by atoms with Gasteiger partial charge in [-0.05, 0) is 18.2 Å². The zero-order valence-corrected chi connectivity index (χ0v) is 15.6. The summed E-state index contributed by atoms with van der Waals surface area (Å²) in [4.78, 5) is 37.0. The predicted octanol–water partition coefficient (Wildman–Crippen LogP) is 2.95. The molecule has 29 heavy (non-hydrogen) atoms. The van der Waals surface area contributed by atoms with E-state index in [9.17, 15) is 14.4 Å². The Morgan fingerprint density at radius 1 is 1.00 bits per heavy atom. The van der Waals surface area contributed by atoms with E-state index in [0.717, 1.165) is 5.56 Å². The van der Waals surface area contributed by atoms with Gasteiger partial charge in [0.05, 0.1) is 30.7 Å². The van der Waals surface area contributed by atoms with Gasteiger partial charge in [0.2, 0.25) is 6.10 Å². The fourth-order valence-electron chi connectivity index (χ4n) is 3.19. The van der Waals surface area contributed by atoms with E-state index in [-0.39, 0.29) is 22.3 Å². The summed E-state index contributed by atoms with van der Waals surface area (Å²) in [7, 11) is 2.39. The molecule has 7 heteroatoms. The smallest absolute Gasteiger partial charge is 0.352 e. The summed E-state index contributed by atoms with van der Waals surface area (Å²) in [5.74, 6) is -0.829. The van der Waals surface area contributed by atoms with Crippen molar-refractivity contribution in [2.75, 3.05) is 14.2 Å². The normalized spacial score (nSPS) is 15.1. The molecule has 0 aliphatic carbocycles. The second-order valence-electron chi connectivity index (χ2n) is 6.31. The van der Waals surface area contributed by atoms with Crippen molar-refractivity contribution in [1.29, 1.82) is 0 Å². The lowest BCUT2D eigenvalue weighted by Crippen LogP contribution is -2.36. The van der Waals surface area contributed by atoms with Gasteiger partial charge >= 0.3 is 11.9 Å². The molecule has 4 rings (SSSR count). The van der Waals surface area contributed by atoms with Crippen LogP contribution in [0.15, 0.2) is 63.3 Å². The summed E-state index contributed by atoms with van der Waals surface area (Å²) in [6.07, 6.45) is 0.160. The average molecular weight is 392 g/mol. The molecule has 1 unspecified atom stereocenters. The number of benzene rings is 2. The van der Waals surface area contributed by atoms with E-state index >= 15 is 0 Å². The van der Waals surface area contributed by atoms with E-state index in [0.29, 0.717) is 16.7 Å². The number of carbonyl (C=O) groups is 2. The van der Waals surface area contributed by atoms with Crippen LogP contribution < -0.4 is 10.2 Å². The third kappa shape index (κ3) is 3.16. The molecule has 1 aromatic heterocycles. The van der Waals surface area contributed by atoms with Crippen LogP contribution in [0.1, 0.15) is 5.56 Å². The van der Waals surface area contributed by atoms with Crippen molar-refractivity contribution >= 4 is 29.0 Å². The first-order valence-electron chi connectivity index (χ1n) is 8.74. The molecular weight excluding hydrogens is 376 g/mol. The molecule has 7 nitrogen and oxygen atoms in total. The lowest BCUT2D eigenvalue weighted by Gasteiger charge is -2.24. The van der Waals surface area contributed by atoms with Crippen LogP contribution in [-0.2, 0) is 19.1 Å². The van der Waals surface area contributed by atoms with Gasteiger partial charge in [-0.1, -0.05) is 30.3 Å². The van der Waals surface area contributed by atoms with Crippen molar-refractivity contribution in [2.45, 2.75) is 6.10 Å². The van der Waals surface area contributed by atoms with Crippen LogP contribution in [0, 0.1) is 0 Å². The van der Waals surface area contributed by atoms with Gasteiger partial charge in [-0.3, -0.25) is 4.79 Å². The Morgan fingerprint density at radius 2 is 1.76 bits per heavy atom. The first kappa shape index (κ1) is 18.5. The minimum Gasteiger partial charge on any atom is -0.473 e. The minimum absolute atomic E-state index is 0.0490. The summed E-state index contributed by atoms with van der Waals surface area (Å²) in [6.45, 7) is 0. The Morgan fingerprint density at radius 3 is 2.45 bits per heavy atom. The van der Waals surface area contributed by atoms with Gasteiger partial charge < -0.3 is 18.6 Å². The average Bonchev–Trinajstić information content (AvgIpc) is 2.77. The minimum atomic E-state index is -1.28. The number of fused-ring (bicyclic) bond motifs is 3. The van der Waals surface area contributed by atoms with Crippen LogP contribution in [0.2, 0.25) is 0 Å². The quantitative estimate of drug-likeness (QED) is 0.633. The molecule has 0 spiro atoms. The fourth-order valence-corrected chi connectivity index (χ4v) is 3.19. The third-order valence-electron chi connectivity index (χ3n) is 4.62. The van der Waals surface area contributed by atoms with E-state index in [1.807, 2.05) is 30.3 Å². The molecule has 3 aromatic rings. The number of methoxy groups -OCH3 is 2. The van der Waals surface area contributed by atoms with Crippen molar-refractivity contribution in [3.05, 3.63) is 69.9 Å². The summed E-state index contributed by atoms with van der Waals surface area (Å²) < 4.78 is 21.2. The molecule has 146 valence electrons. The van der Waals surface area contributed by atoms with E-state index in [1.54, 1.807) is 12.1 Å². The zero-order chi connectivity index (χ0) is 20.5. The van der Waals surface area contributed by atoms with Crippen molar-refractivity contribution in [1.82, 2.24) is 0 Å². The largest absolute Gasteiger partial charge is 0.473 e. The molecule has 0 radical (unpaired) electrons. The van der Waals surface area contributed by atoms with Gasteiger partial charge in [-0.2, -0.15) is 0 Å². The number of hydrogen-bond acceptors (Lipinski definition) is 7. The molecule has 1 atom stereocenters. The second kappa shape index (κ2) is 7.27. The third-order valence-corrected chi connectivity index (χ3v) is 4.62. The molecular formula is C22H16O7. The monoisotopic (exact) mass is 392 g/mol. The van der Waals surface area contributed by atoms with Crippen LogP contribution in [0.5, 0.6) is 5.75 Å². The lowest BCUT2D eigenvalue weighted by atomic mass is 9.99. The number of ether oxygens (including phenoxy) is 3. The summed E-state index contributed by atoms with van der Waals surface area (Å²) in [6, 6.07) is 13.7. The summed E-state index contributed by atoms with van der Waals surface area (Å²) >= 11 is 0. The molecule has 0 amide bonds. The molecule has 2 aromatic carbocycles. The Bertz CT molecular complexity index is 1210. The van der Waals surface area contributed by atoms with E-state index in [2.05, 4.69) is 0 Å². The van der Waals surface area contributed by atoms with Crippen LogP contribution in [0.3, 0.4) is 0 Å². The maximum Gasteiger partial charge on any atom is 0.352 e. The standard InChI is InChI=1S/C22H16O7/c1-26-21(24)15-10-14-17(28-20(15)22(25)27-2)9-8-13-16(23)11-18(29-19(13)14)12-6-4-3-5-7-12/h3-11,20H,1-2H3. The van der Waals surface area contributed by atoms with Crippen LogP contribution in [-0.4, -0.2) is 32.3 Å². The second-order valence-corrected chi connectivity index (χ2v) is 6.31. The molecule has 1 aliphatic heterocycles. The van der Waals surface area contributed by atoms with Crippen molar-refractivity contribution in [3.63, 3.8) is 0 Å². The number of rotatable bonds is 3. The SMILES string of the molecule is COC(=O)C1=Cc2c(ccc3c(=O)cc(-c4ccccc4)oc23)OC1C(=O)OC. The highest BCUT2D eigenvalue weighted by molar-refractivity contribution is 6.05. The maximum absolute atomic E-state index is 12.7. The molecule has 0 N–H and O–H groups in total. The van der Waals surface area contributed by atoms with Crippen LogP contribution in [0.4, 0.5) is 0 Å². The number of carbonyl (C=O) groups excluding carboxylic acids is 2.